The Labute approximate surface area is 254 Å². The van der Waals surface area contributed by atoms with Crippen molar-refractivity contribution >= 4 is 17.0 Å². The Hall–Kier alpha value is -3.87. The molecule has 12 heteroatoms. The number of nitrogens with two attached hydrogens (primary N) is 1. The van der Waals surface area contributed by atoms with Crippen molar-refractivity contribution in [3.8, 4) is 17.2 Å². The van der Waals surface area contributed by atoms with Gasteiger partial charge in [0.05, 0.1) is 12.2 Å². The number of benzene rings is 2. The van der Waals surface area contributed by atoms with Gasteiger partial charge in [-0.3, -0.25) is 18.9 Å². The van der Waals surface area contributed by atoms with Crippen molar-refractivity contribution in [2.75, 3.05) is 51.5 Å². The number of rotatable bonds is 8. The highest BCUT2D eigenvalue weighted by molar-refractivity contribution is 5.84. The van der Waals surface area contributed by atoms with Crippen LogP contribution in [0.5, 0.6) is 11.5 Å². The first kappa shape index (κ1) is 28.9. The van der Waals surface area contributed by atoms with E-state index in [1.807, 2.05) is 35.2 Å². The van der Waals surface area contributed by atoms with Crippen LogP contribution in [0.2, 0.25) is 0 Å². The number of hydrogen-bond donors (Lipinski definition) is 2. The number of nitrogens with zero attached hydrogens (tertiary/aromatic N) is 6. The molecule has 0 unspecified atom stereocenters. The highest BCUT2D eigenvalue weighted by Gasteiger charge is 2.47. The first-order chi connectivity index (χ1) is 21.4. The predicted octanol–water partition coefficient (Wildman–Crippen LogP) is 3.91. The summed E-state index contributed by atoms with van der Waals surface area (Å²) in [6.07, 6.45) is 4.52. The molecule has 4 aromatic rings. The minimum Gasteiger partial charge on any atom is -0.457 e. The molecule has 3 aliphatic rings. The van der Waals surface area contributed by atoms with E-state index in [-0.39, 0.29) is 23.4 Å². The second kappa shape index (κ2) is 11.9. The quantitative estimate of drug-likeness (QED) is 0.312. The number of anilines is 1. The van der Waals surface area contributed by atoms with Crippen LogP contribution in [0.4, 0.5) is 14.6 Å². The van der Waals surface area contributed by atoms with Crippen molar-refractivity contribution in [2.45, 2.75) is 43.7 Å². The number of likely N-dealkylation sites (tertiary alicyclic amines) is 2. The summed E-state index contributed by atoms with van der Waals surface area (Å²) in [4.78, 5) is 26.7. The monoisotopic (exact) mass is 604 g/mol. The summed E-state index contributed by atoms with van der Waals surface area (Å²) in [5.74, 6) is -1.27. The maximum atomic E-state index is 15.9. The van der Waals surface area contributed by atoms with Gasteiger partial charge in [-0.15, -0.1) is 0 Å². The third-order valence-electron chi connectivity index (χ3n) is 9.49. The minimum atomic E-state index is -3.13. The summed E-state index contributed by atoms with van der Waals surface area (Å²) in [5, 5.41) is 3.34. The van der Waals surface area contributed by atoms with Gasteiger partial charge in [0.2, 0.25) is 0 Å². The summed E-state index contributed by atoms with van der Waals surface area (Å²) in [6, 6.07) is 15.5. The molecule has 3 aliphatic heterocycles. The van der Waals surface area contributed by atoms with E-state index >= 15 is 8.78 Å². The number of nitrogens with one attached hydrogen (secondary N) is 1. The Kier molecular flexibility index (Phi) is 7.81. The molecule has 3 fully saturated rings. The van der Waals surface area contributed by atoms with Crippen molar-refractivity contribution in [2.24, 2.45) is 5.92 Å². The highest BCUT2D eigenvalue weighted by atomic mass is 19.3. The number of piperidine rings is 2. The number of imidazole rings is 1. The van der Waals surface area contributed by atoms with Gasteiger partial charge in [0.1, 0.15) is 29.4 Å². The van der Waals surface area contributed by atoms with Crippen molar-refractivity contribution in [1.29, 1.82) is 0 Å². The Balaban J connectivity index is 1.08. The Bertz CT molecular complexity index is 1650. The van der Waals surface area contributed by atoms with Gasteiger partial charge < -0.3 is 15.8 Å². The third kappa shape index (κ3) is 5.57. The first-order valence-electron chi connectivity index (χ1n) is 15.5. The maximum absolute atomic E-state index is 15.9. The molecule has 2 aromatic carbocycles. The molecule has 0 aliphatic carbocycles. The Morgan fingerprint density at radius 1 is 0.955 bits per heavy atom. The lowest BCUT2D eigenvalue weighted by Crippen LogP contribution is -2.58. The average molecular weight is 605 g/mol. The van der Waals surface area contributed by atoms with E-state index in [9.17, 15) is 4.79 Å². The van der Waals surface area contributed by atoms with E-state index in [1.54, 1.807) is 24.3 Å². The zero-order valence-electron chi connectivity index (χ0n) is 24.6. The smallest absolute Gasteiger partial charge is 0.335 e. The van der Waals surface area contributed by atoms with Gasteiger partial charge in [-0.2, -0.15) is 0 Å². The van der Waals surface area contributed by atoms with Crippen LogP contribution in [0.3, 0.4) is 0 Å². The second-order valence-electron chi connectivity index (χ2n) is 12.2. The molecule has 5 heterocycles. The molecule has 3 saturated heterocycles. The van der Waals surface area contributed by atoms with Crippen LogP contribution < -0.4 is 21.5 Å². The van der Waals surface area contributed by atoms with Gasteiger partial charge in [0.15, 0.2) is 11.5 Å². The molecule has 2 aromatic heterocycles. The largest absolute Gasteiger partial charge is 0.457 e. The molecule has 0 saturated carbocycles. The fourth-order valence-corrected chi connectivity index (χ4v) is 6.89. The van der Waals surface area contributed by atoms with Crippen molar-refractivity contribution in [3.63, 3.8) is 0 Å². The van der Waals surface area contributed by atoms with Crippen LogP contribution in [-0.4, -0.2) is 86.7 Å². The van der Waals surface area contributed by atoms with Gasteiger partial charge in [-0.05, 0) is 87.6 Å². The molecule has 0 bridgehead atoms. The molecule has 1 atom stereocenters. The number of aromatic nitrogens is 4. The van der Waals surface area contributed by atoms with Gasteiger partial charge in [-0.1, -0.05) is 18.2 Å². The summed E-state index contributed by atoms with van der Waals surface area (Å²) in [5.41, 5.74) is 6.40. The Morgan fingerprint density at radius 3 is 2.36 bits per heavy atom. The van der Waals surface area contributed by atoms with Crippen molar-refractivity contribution in [3.05, 3.63) is 71.4 Å². The standard InChI is InChI=1S/C32H38F2N8O2/c33-32(34)20-39(14-10-22-11-16-40(17-12-22)24-18-36-19-24)15-13-27(32)42-30-28(29(35)37-21-38-30)41(31(42)43)23-6-8-26(9-7-23)44-25-4-2-1-3-5-25/h1-9,21-22,24,27,36H,10-20H2,(H2,35,37,38)/t27-/m1/s1. The number of fused-ring (bicyclic) bond motifs is 1. The molecule has 10 nitrogen and oxygen atoms in total. The summed E-state index contributed by atoms with van der Waals surface area (Å²) >= 11 is 0. The second-order valence-corrected chi connectivity index (χ2v) is 12.2. The molecule has 0 amide bonds. The van der Waals surface area contributed by atoms with Crippen LogP contribution in [-0.2, 0) is 0 Å². The number of para-hydroxylation sites is 1. The van der Waals surface area contributed by atoms with E-state index in [2.05, 4.69) is 20.2 Å². The molecule has 44 heavy (non-hydrogen) atoms. The summed E-state index contributed by atoms with van der Waals surface area (Å²) in [6.45, 7) is 5.07. The zero-order valence-corrected chi connectivity index (χ0v) is 24.6. The van der Waals surface area contributed by atoms with Gasteiger partial charge >= 0.3 is 5.69 Å². The minimum absolute atomic E-state index is 0.0517. The highest BCUT2D eigenvalue weighted by Crippen LogP contribution is 2.38. The van der Waals surface area contributed by atoms with Crippen molar-refractivity contribution in [1.82, 2.24) is 34.2 Å². The van der Waals surface area contributed by atoms with Crippen LogP contribution in [0.15, 0.2) is 65.7 Å². The predicted molar refractivity (Wildman–Crippen MR) is 165 cm³/mol. The van der Waals surface area contributed by atoms with E-state index in [0.29, 0.717) is 42.2 Å². The Morgan fingerprint density at radius 2 is 1.68 bits per heavy atom. The molecule has 3 N–H and O–H groups in total. The number of nitrogen functional groups attached to an aromatic ring is 1. The van der Waals surface area contributed by atoms with Gasteiger partial charge in [0, 0.05) is 25.7 Å². The molecular formula is C32H38F2N8O2. The average Bonchev–Trinajstić information content (AvgIpc) is 3.29. The lowest BCUT2D eigenvalue weighted by Gasteiger charge is -2.43. The normalized spacial score (nSPS) is 21.8. The SMILES string of the molecule is Nc1ncnc2c1n(-c1ccc(Oc3ccccc3)cc1)c(=O)n2[C@@H]1CCN(CCC2CCN(C3CNC3)CC2)CC1(F)F. The van der Waals surface area contributed by atoms with E-state index in [1.165, 1.54) is 10.9 Å². The lowest BCUT2D eigenvalue weighted by atomic mass is 9.91. The molecule has 0 radical (unpaired) electrons. The van der Waals surface area contributed by atoms with Crippen molar-refractivity contribution < 1.29 is 13.5 Å². The number of halogens is 2. The van der Waals surface area contributed by atoms with Crippen LogP contribution >= 0.6 is 0 Å². The topological polar surface area (TPSA) is 106 Å². The number of ether oxygens (including phenoxy) is 1. The summed E-state index contributed by atoms with van der Waals surface area (Å²) in [7, 11) is 0. The van der Waals surface area contributed by atoms with E-state index < -0.39 is 24.2 Å². The van der Waals surface area contributed by atoms with Crippen LogP contribution in [0.25, 0.3) is 16.9 Å². The zero-order chi connectivity index (χ0) is 30.3. The third-order valence-corrected chi connectivity index (χ3v) is 9.49. The lowest BCUT2D eigenvalue weighted by molar-refractivity contribution is -0.104. The van der Waals surface area contributed by atoms with Crippen LogP contribution in [0, 0.1) is 5.92 Å². The van der Waals surface area contributed by atoms with Gasteiger partial charge in [-0.25, -0.2) is 23.5 Å². The summed E-state index contributed by atoms with van der Waals surface area (Å²) < 4.78 is 40.2. The fraction of sp³-hybridized carbons (Fsp3) is 0.469. The number of alkyl halides is 2. The van der Waals surface area contributed by atoms with Gasteiger partial charge in [0.25, 0.3) is 5.92 Å². The maximum Gasteiger partial charge on any atom is 0.335 e. The number of hydrogen-bond acceptors (Lipinski definition) is 8. The van der Waals surface area contributed by atoms with Crippen LogP contribution in [0.1, 0.15) is 31.7 Å². The first-order valence-corrected chi connectivity index (χ1v) is 15.5. The molecule has 232 valence electrons. The fourth-order valence-electron chi connectivity index (χ4n) is 6.89. The molecular weight excluding hydrogens is 566 g/mol. The van der Waals surface area contributed by atoms with E-state index in [0.717, 1.165) is 50.0 Å². The molecule has 0 spiro atoms. The molecule has 7 rings (SSSR count). The van der Waals surface area contributed by atoms with E-state index in [4.69, 9.17) is 10.5 Å².